The highest BCUT2D eigenvalue weighted by atomic mass is 79.9. The molecular formula is C16H16BrNO. The van der Waals surface area contributed by atoms with Crippen molar-refractivity contribution in [3.05, 3.63) is 46.6 Å². The molecule has 1 N–H and O–H groups in total. The molecule has 1 atom stereocenters. The van der Waals surface area contributed by atoms with Gasteiger partial charge >= 0.3 is 0 Å². The fourth-order valence-corrected chi connectivity index (χ4v) is 3.21. The SMILES string of the molecule is CCC(NC)c1cc2cc3ccccc3c(Br)c2o1. The number of nitrogens with one attached hydrogen (secondary N) is 1. The molecule has 98 valence electrons. The first-order chi connectivity index (χ1) is 9.24. The zero-order valence-electron chi connectivity index (χ0n) is 11.0. The summed E-state index contributed by atoms with van der Waals surface area (Å²) < 4.78 is 7.08. The Kier molecular flexibility index (Phi) is 3.33. The average Bonchev–Trinajstić information content (AvgIpc) is 2.84. The number of halogens is 1. The van der Waals surface area contributed by atoms with Gasteiger partial charge in [-0.3, -0.25) is 0 Å². The van der Waals surface area contributed by atoms with Crippen molar-refractivity contribution in [2.45, 2.75) is 19.4 Å². The lowest BCUT2D eigenvalue weighted by atomic mass is 10.1. The van der Waals surface area contributed by atoms with Crippen LogP contribution in [0.1, 0.15) is 25.1 Å². The third kappa shape index (κ3) is 2.07. The second-order valence-electron chi connectivity index (χ2n) is 4.73. The van der Waals surface area contributed by atoms with Crippen LogP contribution in [0, 0.1) is 0 Å². The van der Waals surface area contributed by atoms with Gasteiger partial charge in [0.15, 0.2) is 0 Å². The molecule has 0 saturated heterocycles. The third-order valence-electron chi connectivity index (χ3n) is 3.59. The van der Waals surface area contributed by atoms with Crippen molar-refractivity contribution >= 4 is 37.7 Å². The van der Waals surface area contributed by atoms with Crippen LogP contribution in [0.2, 0.25) is 0 Å². The fourth-order valence-electron chi connectivity index (χ4n) is 2.54. The summed E-state index contributed by atoms with van der Waals surface area (Å²) in [6.45, 7) is 2.15. The van der Waals surface area contributed by atoms with E-state index in [-0.39, 0.29) is 6.04 Å². The van der Waals surface area contributed by atoms with Crippen LogP contribution in [0.4, 0.5) is 0 Å². The molecule has 0 aliphatic rings. The van der Waals surface area contributed by atoms with E-state index in [1.165, 1.54) is 10.8 Å². The molecule has 0 fully saturated rings. The summed E-state index contributed by atoms with van der Waals surface area (Å²) in [4.78, 5) is 0. The lowest BCUT2D eigenvalue weighted by Gasteiger charge is -2.09. The highest BCUT2D eigenvalue weighted by Crippen LogP contribution is 2.36. The molecule has 0 amide bonds. The molecule has 0 saturated carbocycles. The molecule has 0 aliphatic carbocycles. The van der Waals surface area contributed by atoms with Crippen LogP contribution >= 0.6 is 15.9 Å². The zero-order chi connectivity index (χ0) is 13.4. The summed E-state index contributed by atoms with van der Waals surface area (Å²) >= 11 is 3.67. The second kappa shape index (κ2) is 4.99. The number of hydrogen-bond acceptors (Lipinski definition) is 2. The first kappa shape index (κ1) is 12.7. The molecule has 0 radical (unpaired) electrons. The molecule has 0 bridgehead atoms. The third-order valence-corrected chi connectivity index (χ3v) is 4.37. The van der Waals surface area contributed by atoms with Gasteiger partial charge in [-0.25, -0.2) is 0 Å². The van der Waals surface area contributed by atoms with Gasteiger partial charge in [-0.05, 0) is 52.3 Å². The van der Waals surface area contributed by atoms with Gasteiger partial charge in [0.05, 0.1) is 10.5 Å². The van der Waals surface area contributed by atoms with Crippen molar-refractivity contribution in [2.75, 3.05) is 7.05 Å². The largest absolute Gasteiger partial charge is 0.458 e. The first-order valence-corrected chi connectivity index (χ1v) is 7.31. The smallest absolute Gasteiger partial charge is 0.149 e. The van der Waals surface area contributed by atoms with E-state index in [4.69, 9.17) is 4.42 Å². The standard InChI is InChI=1S/C16H16BrNO/c1-3-13(18-2)14-9-11-8-10-6-4-5-7-12(10)15(17)16(11)19-14/h4-9,13,18H,3H2,1-2H3. The normalized spacial score (nSPS) is 13.2. The lowest BCUT2D eigenvalue weighted by Crippen LogP contribution is -2.14. The molecule has 3 heteroatoms. The van der Waals surface area contributed by atoms with Crippen LogP contribution in [0.15, 0.2) is 45.3 Å². The summed E-state index contributed by atoms with van der Waals surface area (Å²) in [6.07, 6.45) is 1.01. The van der Waals surface area contributed by atoms with E-state index in [9.17, 15) is 0 Å². The van der Waals surface area contributed by atoms with Crippen molar-refractivity contribution in [1.29, 1.82) is 0 Å². The van der Waals surface area contributed by atoms with E-state index in [1.807, 2.05) is 13.1 Å². The van der Waals surface area contributed by atoms with Gasteiger partial charge in [0, 0.05) is 5.39 Å². The first-order valence-electron chi connectivity index (χ1n) is 6.52. The number of fused-ring (bicyclic) bond motifs is 2. The van der Waals surface area contributed by atoms with E-state index >= 15 is 0 Å². The Bertz CT molecular complexity index is 728. The number of benzene rings is 2. The van der Waals surface area contributed by atoms with E-state index in [0.29, 0.717) is 0 Å². The zero-order valence-corrected chi connectivity index (χ0v) is 12.6. The fraction of sp³-hybridized carbons (Fsp3) is 0.250. The molecular weight excluding hydrogens is 302 g/mol. The highest BCUT2D eigenvalue weighted by molar-refractivity contribution is 9.10. The van der Waals surface area contributed by atoms with Gasteiger partial charge in [0.1, 0.15) is 11.3 Å². The number of rotatable bonds is 3. The average molecular weight is 318 g/mol. The van der Waals surface area contributed by atoms with Crippen molar-refractivity contribution in [1.82, 2.24) is 5.32 Å². The highest BCUT2D eigenvalue weighted by Gasteiger charge is 2.15. The Labute approximate surface area is 120 Å². The molecule has 2 nitrogen and oxygen atoms in total. The van der Waals surface area contributed by atoms with Crippen LogP contribution in [-0.2, 0) is 0 Å². The predicted molar refractivity (Wildman–Crippen MR) is 83.5 cm³/mol. The summed E-state index contributed by atoms with van der Waals surface area (Å²) in [7, 11) is 1.97. The van der Waals surface area contributed by atoms with Gasteiger partial charge in [0.25, 0.3) is 0 Å². The number of furan rings is 1. The van der Waals surface area contributed by atoms with Crippen molar-refractivity contribution < 1.29 is 4.42 Å². The summed E-state index contributed by atoms with van der Waals surface area (Å²) in [5.41, 5.74) is 0.933. The summed E-state index contributed by atoms with van der Waals surface area (Å²) in [6, 6.07) is 12.9. The summed E-state index contributed by atoms with van der Waals surface area (Å²) in [5.74, 6) is 0.996. The Morgan fingerprint density at radius 2 is 2.00 bits per heavy atom. The molecule has 0 aliphatic heterocycles. The summed E-state index contributed by atoms with van der Waals surface area (Å²) in [5, 5.41) is 6.85. The second-order valence-corrected chi connectivity index (χ2v) is 5.52. The Hall–Kier alpha value is -1.32. The Balaban J connectivity index is 2.27. The van der Waals surface area contributed by atoms with Crippen LogP contribution in [-0.4, -0.2) is 7.05 Å². The molecule has 2 aromatic carbocycles. The van der Waals surface area contributed by atoms with Gasteiger partial charge in [-0.2, -0.15) is 0 Å². The van der Waals surface area contributed by atoms with E-state index in [0.717, 1.165) is 27.6 Å². The van der Waals surface area contributed by atoms with Crippen LogP contribution in [0.5, 0.6) is 0 Å². The minimum Gasteiger partial charge on any atom is -0.458 e. The molecule has 1 aromatic heterocycles. The maximum Gasteiger partial charge on any atom is 0.149 e. The maximum absolute atomic E-state index is 6.04. The monoisotopic (exact) mass is 317 g/mol. The quantitative estimate of drug-likeness (QED) is 0.733. The van der Waals surface area contributed by atoms with Crippen LogP contribution < -0.4 is 5.32 Å². The maximum atomic E-state index is 6.04. The van der Waals surface area contributed by atoms with Crippen LogP contribution in [0.25, 0.3) is 21.7 Å². The molecule has 1 heterocycles. The van der Waals surface area contributed by atoms with Gasteiger partial charge in [-0.1, -0.05) is 31.2 Å². The van der Waals surface area contributed by atoms with E-state index in [2.05, 4.69) is 58.5 Å². The molecule has 1 unspecified atom stereocenters. The van der Waals surface area contributed by atoms with E-state index in [1.54, 1.807) is 0 Å². The van der Waals surface area contributed by atoms with Gasteiger partial charge in [-0.15, -0.1) is 0 Å². The topological polar surface area (TPSA) is 25.2 Å². The molecule has 3 aromatic rings. The lowest BCUT2D eigenvalue weighted by molar-refractivity contribution is 0.444. The Morgan fingerprint density at radius 3 is 2.74 bits per heavy atom. The molecule has 0 spiro atoms. The van der Waals surface area contributed by atoms with Crippen molar-refractivity contribution in [2.24, 2.45) is 0 Å². The van der Waals surface area contributed by atoms with Crippen LogP contribution in [0.3, 0.4) is 0 Å². The van der Waals surface area contributed by atoms with Gasteiger partial charge < -0.3 is 9.73 Å². The van der Waals surface area contributed by atoms with Crippen molar-refractivity contribution in [3.63, 3.8) is 0 Å². The molecule has 3 rings (SSSR count). The van der Waals surface area contributed by atoms with E-state index < -0.39 is 0 Å². The minimum absolute atomic E-state index is 0.266. The predicted octanol–water partition coefficient (Wildman–Crippen LogP) is 5.02. The number of hydrogen-bond donors (Lipinski definition) is 1. The van der Waals surface area contributed by atoms with Gasteiger partial charge in [0.2, 0.25) is 0 Å². The Morgan fingerprint density at radius 1 is 1.21 bits per heavy atom. The molecule has 19 heavy (non-hydrogen) atoms. The minimum atomic E-state index is 0.266. The van der Waals surface area contributed by atoms with Crippen molar-refractivity contribution in [3.8, 4) is 0 Å².